The van der Waals surface area contributed by atoms with E-state index in [1.165, 1.54) is 6.20 Å². The van der Waals surface area contributed by atoms with Crippen LogP contribution in [0.3, 0.4) is 0 Å². The maximum Gasteiger partial charge on any atom is 0.479 e. The minimum atomic E-state index is -1.36. The molecular formula is C9H11IN2O6+. The summed E-state index contributed by atoms with van der Waals surface area (Å²) in [6.07, 6.45) is -3.54. The van der Waals surface area contributed by atoms with Gasteiger partial charge in [0.05, 0.1) is 6.61 Å². The number of rotatable bonds is 2. The van der Waals surface area contributed by atoms with Crippen molar-refractivity contribution in [2.75, 3.05) is 6.61 Å². The number of amides is 3. The molecule has 18 heavy (non-hydrogen) atoms. The first-order chi connectivity index (χ1) is 8.45. The van der Waals surface area contributed by atoms with Crippen LogP contribution in [0, 0.1) is 0 Å². The van der Waals surface area contributed by atoms with Gasteiger partial charge in [-0.25, -0.2) is 10.1 Å². The van der Waals surface area contributed by atoms with Crippen molar-refractivity contribution in [3.63, 3.8) is 0 Å². The summed E-state index contributed by atoms with van der Waals surface area (Å²) in [7, 11) is 0. The lowest BCUT2D eigenvalue weighted by atomic mass is 10.1. The lowest BCUT2D eigenvalue weighted by molar-refractivity contribution is -0.116. The number of hydrogen-bond donors (Lipinski definition) is 4. The van der Waals surface area contributed by atoms with Crippen LogP contribution in [0.25, 0.3) is 0 Å². The number of aliphatic hydroxyl groups excluding tert-OH is 3. The third kappa shape index (κ3) is 2.29. The maximum absolute atomic E-state index is 11.6. The van der Waals surface area contributed by atoms with E-state index in [-0.39, 0.29) is 3.58 Å². The summed E-state index contributed by atoms with van der Waals surface area (Å²) < 4.78 is 5.43. The Morgan fingerprint density at radius 1 is 1.39 bits per heavy atom. The Hall–Kier alpha value is -0.590. The van der Waals surface area contributed by atoms with Gasteiger partial charge < -0.3 is 20.1 Å². The van der Waals surface area contributed by atoms with Crippen LogP contribution < -0.4 is 10.2 Å². The van der Waals surface area contributed by atoms with Crippen LogP contribution in [0.1, 0.15) is 0 Å². The van der Waals surface area contributed by atoms with Gasteiger partial charge in [-0.2, -0.15) is 0 Å². The molecule has 0 bridgehead atoms. The van der Waals surface area contributed by atoms with Gasteiger partial charge in [-0.3, -0.25) is 4.79 Å². The summed E-state index contributed by atoms with van der Waals surface area (Å²) in [5.74, 6) is -0.538. The van der Waals surface area contributed by atoms with E-state index in [1.54, 1.807) is 22.6 Å². The number of carbonyl (C=O) groups excluding carboxylic acids is 2. The summed E-state index contributed by atoms with van der Waals surface area (Å²) >= 11 is 1.73. The zero-order valence-corrected chi connectivity index (χ0v) is 11.1. The van der Waals surface area contributed by atoms with Crippen LogP contribution >= 0.6 is 22.6 Å². The topological polar surface area (TPSA) is 122 Å². The number of ether oxygens (including phenoxy) is 1. The zero-order valence-electron chi connectivity index (χ0n) is 8.99. The van der Waals surface area contributed by atoms with Crippen molar-refractivity contribution in [2.45, 2.75) is 24.5 Å². The molecule has 0 unspecified atom stereocenters. The number of urea groups is 1. The monoisotopic (exact) mass is 370 g/mol. The second-order valence-corrected chi connectivity index (χ2v) is 5.03. The Bertz CT molecular complexity index is 414. The Labute approximate surface area is 115 Å². The molecule has 9 heteroatoms. The highest BCUT2D eigenvalue weighted by Crippen LogP contribution is 2.25. The van der Waals surface area contributed by atoms with Gasteiger partial charge in [-0.05, 0) is 27.5 Å². The van der Waals surface area contributed by atoms with Gasteiger partial charge in [0.15, 0.2) is 12.3 Å². The van der Waals surface area contributed by atoms with Gasteiger partial charge in [0.1, 0.15) is 15.8 Å². The molecule has 1 saturated heterocycles. The van der Waals surface area contributed by atoms with E-state index in [4.69, 9.17) is 9.84 Å². The lowest BCUT2D eigenvalue weighted by Crippen LogP contribution is -2.56. The summed E-state index contributed by atoms with van der Waals surface area (Å²) in [4.78, 5) is 23.8. The normalized spacial score (nSPS) is 37.7. The second kappa shape index (κ2) is 5.19. The molecule has 4 N–H and O–H groups in total. The molecule has 99 valence electrons. The molecule has 0 aromatic carbocycles. The molecule has 1 radical (unpaired) electrons. The first-order valence-corrected chi connectivity index (χ1v) is 6.17. The number of imide groups is 1. The third-order valence-electron chi connectivity index (χ3n) is 2.72. The summed E-state index contributed by atoms with van der Waals surface area (Å²) in [6, 6.07) is -0.754. The minimum absolute atomic E-state index is 0.241. The molecule has 3 amide bonds. The summed E-state index contributed by atoms with van der Waals surface area (Å²) in [5.41, 5.74) is 0. The first-order valence-electron chi connectivity index (χ1n) is 5.09. The van der Waals surface area contributed by atoms with Gasteiger partial charge in [0.2, 0.25) is 0 Å². The van der Waals surface area contributed by atoms with E-state index in [9.17, 15) is 19.8 Å². The number of carbonyl (C=O) groups is 2. The van der Waals surface area contributed by atoms with Gasteiger partial charge in [-0.15, -0.1) is 0 Å². The highest BCUT2D eigenvalue weighted by Gasteiger charge is 2.54. The highest BCUT2D eigenvalue weighted by atomic mass is 127. The van der Waals surface area contributed by atoms with Crippen molar-refractivity contribution in [1.82, 2.24) is 10.2 Å². The van der Waals surface area contributed by atoms with Crippen molar-refractivity contribution in [3.05, 3.63) is 9.78 Å². The van der Waals surface area contributed by atoms with Gasteiger partial charge >= 0.3 is 6.03 Å². The van der Waals surface area contributed by atoms with E-state index in [0.717, 1.165) is 4.90 Å². The fourth-order valence-corrected chi connectivity index (χ4v) is 2.19. The number of hydrogen-bond acceptors (Lipinski definition) is 6. The predicted octanol–water partition coefficient (Wildman–Crippen LogP) is -1.91. The SMILES string of the molecule is O=C1NC(=O)[N+]([C@@H]2O[C@H](CO)[C@@H](O)[C@H]2O)C=C1I. The minimum Gasteiger partial charge on any atom is -0.394 e. The molecule has 8 nitrogen and oxygen atoms in total. The number of nitrogens with one attached hydrogen (secondary N) is 1. The van der Waals surface area contributed by atoms with Crippen molar-refractivity contribution in [2.24, 2.45) is 0 Å². The van der Waals surface area contributed by atoms with Gasteiger partial charge in [0.25, 0.3) is 12.1 Å². The Balaban J connectivity index is 2.22. The van der Waals surface area contributed by atoms with Crippen molar-refractivity contribution in [3.8, 4) is 0 Å². The van der Waals surface area contributed by atoms with Crippen LogP contribution in [-0.2, 0) is 9.53 Å². The number of nitrogens with zero attached hydrogens (tertiary/aromatic N) is 1. The van der Waals surface area contributed by atoms with Crippen LogP contribution in [0.2, 0.25) is 0 Å². The maximum atomic E-state index is 11.6. The molecule has 2 heterocycles. The van der Waals surface area contributed by atoms with E-state index in [1.807, 2.05) is 0 Å². The van der Waals surface area contributed by atoms with Crippen LogP contribution in [0.15, 0.2) is 9.78 Å². The Morgan fingerprint density at radius 3 is 2.61 bits per heavy atom. The van der Waals surface area contributed by atoms with Gasteiger partial charge in [-0.1, -0.05) is 0 Å². The average Bonchev–Trinajstić information content (AvgIpc) is 2.61. The van der Waals surface area contributed by atoms with E-state index < -0.39 is 43.1 Å². The molecule has 4 atom stereocenters. The smallest absolute Gasteiger partial charge is 0.394 e. The predicted molar refractivity (Wildman–Crippen MR) is 65.5 cm³/mol. The molecule has 2 aliphatic rings. The number of aliphatic hydroxyl groups is 3. The van der Waals surface area contributed by atoms with Crippen LogP contribution in [0.4, 0.5) is 4.79 Å². The lowest BCUT2D eigenvalue weighted by Gasteiger charge is -2.18. The van der Waals surface area contributed by atoms with Crippen LogP contribution in [-0.4, -0.2) is 58.4 Å². The Kier molecular flexibility index (Phi) is 3.99. The van der Waals surface area contributed by atoms with Crippen LogP contribution in [0.5, 0.6) is 0 Å². The molecule has 0 saturated carbocycles. The standard InChI is InChI=1S/C9H11IN2O6/c10-3-1-12(9(17)11-7(3)16)8-6(15)5(14)4(2-13)18-8/h1,4-6,8,13-15H,2H2,(H,11,16,17)/q+1/t4-,5-,6-,8-/m1/s1. The third-order valence-corrected chi connectivity index (χ3v) is 3.48. The van der Waals surface area contributed by atoms with E-state index in [0.29, 0.717) is 0 Å². The second-order valence-electron chi connectivity index (χ2n) is 3.87. The average molecular weight is 370 g/mol. The molecule has 2 aliphatic heterocycles. The molecule has 0 aromatic heterocycles. The molecular weight excluding hydrogens is 359 g/mol. The van der Waals surface area contributed by atoms with Crippen molar-refractivity contribution >= 4 is 34.5 Å². The largest absolute Gasteiger partial charge is 0.479 e. The van der Waals surface area contributed by atoms with E-state index >= 15 is 0 Å². The fourth-order valence-electron chi connectivity index (χ4n) is 1.76. The quantitative estimate of drug-likeness (QED) is 0.333. The number of halogens is 1. The van der Waals surface area contributed by atoms with E-state index in [2.05, 4.69) is 5.32 Å². The van der Waals surface area contributed by atoms with Crippen molar-refractivity contribution in [1.29, 1.82) is 0 Å². The Morgan fingerprint density at radius 2 is 2.06 bits per heavy atom. The summed E-state index contributed by atoms with van der Waals surface area (Å²) in [6.45, 7) is -0.482. The zero-order chi connectivity index (χ0) is 13.4. The molecule has 0 aromatic rings. The van der Waals surface area contributed by atoms with Crippen molar-refractivity contribution < 1.29 is 29.6 Å². The molecule has 1 fully saturated rings. The van der Waals surface area contributed by atoms with Gasteiger partial charge in [0, 0.05) is 0 Å². The molecule has 2 rings (SSSR count). The molecule has 0 spiro atoms. The first kappa shape index (κ1) is 13.8. The molecule has 0 aliphatic carbocycles. The summed E-state index contributed by atoms with van der Waals surface area (Å²) in [5, 5.41) is 30.3. The highest BCUT2D eigenvalue weighted by molar-refractivity contribution is 14.1. The fraction of sp³-hybridized carbons (Fsp3) is 0.556.